The first-order valence-electron chi connectivity index (χ1n) is 39.8. The van der Waals surface area contributed by atoms with Crippen molar-refractivity contribution in [2.24, 2.45) is 29.6 Å². The van der Waals surface area contributed by atoms with Gasteiger partial charge in [0, 0.05) is 99.5 Å². The maximum absolute atomic E-state index is 15.1. The molecule has 1 fully saturated rings. The number of hydrogen-bond donors (Lipinski definition) is 14. The Morgan fingerprint density at radius 2 is 1.32 bits per heavy atom. The number of carboxylic acid groups (broad SMARTS) is 5. The minimum Gasteiger partial charge on any atom is -0.508 e. The summed E-state index contributed by atoms with van der Waals surface area (Å²) in [6.45, 7) is 11.9. The lowest BCUT2D eigenvalue weighted by Gasteiger charge is -2.39. The number of aromatic nitrogens is 1. The molecule has 664 valence electrons. The van der Waals surface area contributed by atoms with Crippen LogP contribution in [0.3, 0.4) is 0 Å². The summed E-state index contributed by atoms with van der Waals surface area (Å²) < 4.78 is 16.9. The molecule has 1 aromatic heterocycles. The second-order valence-electron chi connectivity index (χ2n) is 29.8. The van der Waals surface area contributed by atoms with Gasteiger partial charge in [-0.3, -0.25) is 67.2 Å². The number of aromatic hydroxyl groups is 1. The van der Waals surface area contributed by atoms with E-state index in [4.69, 9.17) is 19.3 Å². The van der Waals surface area contributed by atoms with E-state index in [0.717, 1.165) is 52.3 Å². The summed E-state index contributed by atoms with van der Waals surface area (Å²) in [5.41, 5.74) is 1.58. The van der Waals surface area contributed by atoms with E-state index in [0.29, 0.717) is 48.8 Å². The van der Waals surface area contributed by atoms with E-state index in [9.17, 15) is 102 Å². The van der Waals surface area contributed by atoms with Gasteiger partial charge in [0.1, 0.15) is 41.7 Å². The zero-order chi connectivity index (χ0) is 89.1. The van der Waals surface area contributed by atoms with E-state index in [2.05, 4.69) is 47.5 Å². The third-order valence-corrected chi connectivity index (χ3v) is 23.0. The van der Waals surface area contributed by atoms with E-state index in [-0.39, 0.29) is 136 Å². The number of esters is 3. The number of amides is 9. The molecule has 2 heterocycles. The number of nitrogens with zero attached hydrogens (tertiary/aromatic N) is 3. The second kappa shape index (κ2) is 53.9. The SMILES string of the molecule is CCCC(=O)OCN(C(=O)[C@@H](CC(=O)[C@H]1CCCCN1C)C(C)CC)[C@H](C[C@@H](OC(C)=O)c1nc(C(=O)N[C@@H](Cc2ccc(O)cc2)C[C@H](C)C(=O)NCC(=O)OCCSSC[C@H](NC(=O)[C@H](CC(=O)O)CC(=O)[C@H](CC(=O)O)NC(=O)Cc2ccc(CNC(=O)NCCCC[C@H](NC(=O)NCCCC(=O)O)C(=O)O)cc2)C(=O)O)cs1)C(C)C. The fourth-order valence-electron chi connectivity index (χ4n) is 12.9. The number of Topliss-reactive ketones (excluding diaryl/α,β-unsaturated/α-hetero) is 2. The highest BCUT2D eigenvalue weighted by Crippen LogP contribution is 2.34. The number of likely N-dealkylation sites (N-methyl/N-ethyl adjacent to an activating group) is 1. The van der Waals surface area contributed by atoms with Crippen molar-refractivity contribution in [2.45, 2.75) is 219 Å². The number of piperidine rings is 1. The molecule has 120 heavy (non-hydrogen) atoms. The molecule has 14 N–H and O–H groups in total. The van der Waals surface area contributed by atoms with E-state index in [1.165, 1.54) is 41.5 Å². The van der Waals surface area contributed by atoms with Gasteiger partial charge in [-0.15, -0.1) is 11.3 Å². The number of rotatable bonds is 57. The highest BCUT2D eigenvalue weighted by molar-refractivity contribution is 8.76. The first-order valence-corrected chi connectivity index (χ1v) is 43.2. The highest BCUT2D eigenvalue weighted by atomic mass is 33.1. The van der Waals surface area contributed by atoms with Crippen molar-refractivity contribution >= 4 is 134 Å². The number of carboxylic acids is 5. The van der Waals surface area contributed by atoms with Crippen LogP contribution in [0.4, 0.5) is 9.59 Å². The van der Waals surface area contributed by atoms with Gasteiger partial charge in [-0.05, 0) is 112 Å². The second-order valence-corrected chi connectivity index (χ2v) is 33.3. The number of carbonyl (C=O) groups excluding carboxylic acids is 12. The number of unbranched alkanes of at least 4 members (excludes halogenated alkanes) is 1. The monoisotopic (exact) mass is 1740 g/mol. The Morgan fingerprint density at radius 1 is 0.658 bits per heavy atom. The standard InChI is InChI=1S/C80H115N11O26S3/c1-9-16-70(103)116-45-91(76(108)56(47(5)10-2)38-64(95)61-18-12-14-30-90(61)8)62(46(3)4)40-65(117-49(7)92)75-88-59(43-118-75)74(107)85-54(34-50-24-26-55(93)27-25-50)33-48(6)72(105)83-42-71(104)115-31-32-119-120-44-60(78(111)112)87-73(106)53(37-68(99)100)36-63(94)58(39-69(101)102)86-66(96)35-51-20-22-52(23-21-51)41-84-79(113)81-28-13-11-17-57(77(109)110)89-80(114)82-29-15-19-67(97)98/h20-27,43,46-48,53-54,56-58,60-62,65,93H,9-19,28-42,44-45H2,1-8H3,(H,83,105)(H,85,107)(H,86,96)(H,87,106)(H,97,98)(H,99,100)(H,101,102)(H,109,110)(H,111,112)(H2,81,84,113)(H2,82,89,114)/t47?,48-,53-,54+,56-,57-,58-,60-,61+,62+,65+/m0/s1. The van der Waals surface area contributed by atoms with Crippen LogP contribution in [-0.4, -0.2) is 241 Å². The number of aliphatic carboxylic acids is 5. The molecule has 0 radical (unpaired) electrons. The molecule has 0 spiro atoms. The van der Waals surface area contributed by atoms with Crippen molar-refractivity contribution in [1.29, 1.82) is 0 Å². The Bertz CT molecular complexity index is 3950. The van der Waals surface area contributed by atoms with Crippen LogP contribution in [-0.2, 0) is 101 Å². The van der Waals surface area contributed by atoms with E-state index in [1.807, 2.05) is 46.6 Å². The molecule has 0 saturated carbocycles. The third kappa shape index (κ3) is 38.7. The van der Waals surface area contributed by atoms with Gasteiger partial charge >= 0.3 is 59.8 Å². The molecule has 37 nitrogen and oxygen atoms in total. The maximum atomic E-state index is 15.1. The fourth-order valence-corrected chi connectivity index (χ4v) is 15.8. The molecule has 1 unspecified atom stereocenters. The van der Waals surface area contributed by atoms with Crippen LogP contribution in [0.5, 0.6) is 5.75 Å². The fraction of sp³-hybridized carbons (Fsp3) is 0.600. The van der Waals surface area contributed by atoms with E-state index >= 15 is 4.79 Å². The van der Waals surface area contributed by atoms with Gasteiger partial charge in [0.25, 0.3) is 5.91 Å². The van der Waals surface area contributed by atoms with Gasteiger partial charge in [-0.25, -0.2) is 24.2 Å². The van der Waals surface area contributed by atoms with Gasteiger partial charge in [0.2, 0.25) is 23.6 Å². The Kier molecular flexibility index (Phi) is 45.8. The molecule has 2 aromatic carbocycles. The molecule has 0 bridgehead atoms. The lowest BCUT2D eigenvalue weighted by molar-refractivity contribution is -0.162. The first-order chi connectivity index (χ1) is 56.9. The van der Waals surface area contributed by atoms with Crippen molar-refractivity contribution in [1.82, 2.24) is 57.3 Å². The molecule has 1 aliphatic heterocycles. The molecule has 40 heteroatoms. The minimum atomic E-state index is -1.75. The summed E-state index contributed by atoms with van der Waals surface area (Å²) in [6, 6.07) is 4.57. The van der Waals surface area contributed by atoms with Gasteiger partial charge in [0.15, 0.2) is 24.4 Å². The number of hydrogen-bond acceptors (Lipinski definition) is 26. The molecule has 9 amide bonds. The number of phenols is 1. The van der Waals surface area contributed by atoms with Crippen molar-refractivity contribution in [2.75, 3.05) is 58.1 Å². The predicted molar refractivity (Wildman–Crippen MR) is 439 cm³/mol. The number of likely N-dealkylation sites (tertiary alicyclic amines) is 1. The lowest BCUT2D eigenvalue weighted by atomic mass is 9.82. The van der Waals surface area contributed by atoms with Crippen molar-refractivity contribution < 1.29 is 126 Å². The number of thiazole rings is 1. The molecule has 1 saturated heterocycles. The highest BCUT2D eigenvalue weighted by Gasteiger charge is 2.41. The summed E-state index contributed by atoms with van der Waals surface area (Å²) in [4.78, 5) is 227. The molecular formula is C80H115N11O26S3. The summed E-state index contributed by atoms with van der Waals surface area (Å²) in [6.07, 6.45) is 0.112. The van der Waals surface area contributed by atoms with Crippen LogP contribution < -0.4 is 42.5 Å². The normalized spacial score (nSPS) is 15.1. The Hall–Kier alpha value is -10.5. The first kappa shape index (κ1) is 102. The number of benzene rings is 2. The largest absolute Gasteiger partial charge is 0.508 e. The number of ether oxygens (including phenoxy) is 3. The summed E-state index contributed by atoms with van der Waals surface area (Å²) in [5, 5.41) is 79.3. The Morgan fingerprint density at radius 3 is 1.94 bits per heavy atom. The van der Waals surface area contributed by atoms with Crippen LogP contribution in [0.15, 0.2) is 53.9 Å². The number of carbonyl (C=O) groups is 17. The summed E-state index contributed by atoms with van der Waals surface area (Å²) in [5.74, 6) is -18.0. The van der Waals surface area contributed by atoms with Crippen molar-refractivity contribution in [3.8, 4) is 5.75 Å². The van der Waals surface area contributed by atoms with E-state index < -0.39 is 182 Å². The maximum Gasteiger partial charge on any atom is 0.327 e. The van der Waals surface area contributed by atoms with Gasteiger partial charge in [-0.2, -0.15) is 0 Å². The number of nitrogens with one attached hydrogen (secondary N) is 8. The zero-order valence-electron chi connectivity index (χ0n) is 68.8. The molecule has 4 rings (SSSR count). The minimum absolute atomic E-state index is 0.0117. The van der Waals surface area contributed by atoms with Crippen molar-refractivity contribution in [3.63, 3.8) is 0 Å². The Balaban J connectivity index is 1.29. The molecule has 3 aromatic rings. The number of urea groups is 2. The van der Waals surface area contributed by atoms with Crippen LogP contribution >= 0.6 is 32.9 Å². The van der Waals surface area contributed by atoms with Crippen molar-refractivity contribution in [3.05, 3.63) is 81.3 Å². The molecule has 0 aliphatic carbocycles. The molecular weight excluding hydrogens is 1630 g/mol. The van der Waals surface area contributed by atoms with Crippen LogP contribution in [0.2, 0.25) is 0 Å². The smallest absolute Gasteiger partial charge is 0.327 e. The average molecular weight is 1740 g/mol. The summed E-state index contributed by atoms with van der Waals surface area (Å²) >= 11 is 1.03. The molecule has 11 atom stereocenters. The Labute approximate surface area is 708 Å². The topological polar surface area (TPSA) is 555 Å². The predicted octanol–water partition coefficient (Wildman–Crippen LogP) is 5.92. The lowest BCUT2D eigenvalue weighted by Crippen LogP contribution is -2.50. The quantitative estimate of drug-likeness (QED) is 0.0102. The number of ketones is 2. The van der Waals surface area contributed by atoms with Crippen LogP contribution in [0.1, 0.15) is 196 Å². The molecule has 1 aliphatic rings. The zero-order valence-corrected chi connectivity index (χ0v) is 71.3. The van der Waals surface area contributed by atoms with Gasteiger partial charge < -0.3 is 92.3 Å². The van der Waals surface area contributed by atoms with Gasteiger partial charge in [0.05, 0.1) is 37.3 Å². The van der Waals surface area contributed by atoms with Gasteiger partial charge in [-0.1, -0.05) is 112 Å². The average Bonchev–Trinajstić information content (AvgIpc) is 1.34. The summed E-state index contributed by atoms with van der Waals surface area (Å²) in [7, 11) is 3.85. The van der Waals surface area contributed by atoms with Crippen LogP contribution in [0.25, 0.3) is 0 Å². The third-order valence-electron chi connectivity index (χ3n) is 19.7. The number of phenolic OH excluding ortho intramolecular Hbond substituents is 1. The van der Waals surface area contributed by atoms with Crippen LogP contribution in [0, 0.1) is 29.6 Å². The van der Waals surface area contributed by atoms with E-state index in [1.54, 1.807) is 31.2 Å².